The number of carbonyl (C=O) groups is 1. The number of hydrogen-bond donors (Lipinski definition) is 0. The van der Waals surface area contributed by atoms with Gasteiger partial charge in [-0.05, 0) is 49.6 Å². The molecule has 1 aliphatic heterocycles. The maximum atomic E-state index is 13.0. The lowest BCUT2D eigenvalue weighted by Crippen LogP contribution is -2.28. The molecule has 3 rings (SSSR count). The molecule has 2 aromatic rings. The summed E-state index contributed by atoms with van der Waals surface area (Å²) in [6, 6.07) is 16.0. The van der Waals surface area contributed by atoms with Gasteiger partial charge in [0.05, 0.1) is 19.6 Å². The molecule has 1 amide bonds. The fourth-order valence-electron chi connectivity index (χ4n) is 3.13. The minimum atomic E-state index is -0.0747. The SMILES string of the molecule is COc1ccc(CN2C(=O)C(CC=C(C)C)c3ccccc32)cc1. The Morgan fingerprint density at radius 1 is 1.12 bits per heavy atom. The first-order valence-electron chi connectivity index (χ1n) is 8.26. The molecule has 0 saturated carbocycles. The van der Waals surface area contributed by atoms with Crippen LogP contribution in [0.5, 0.6) is 5.75 Å². The lowest BCUT2D eigenvalue weighted by atomic mass is 9.96. The summed E-state index contributed by atoms with van der Waals surface area (Å²) >= 11 is 0. The van der Waals surface area contributed by atoms with E-state index in [0.717, 1.165) is 29.0 Å². The monoisotopic (exact) mass is 321 g/mol. The van der Waals surface area contributed by atoms with Crippen LogP contribution >= 0.6 is 0 Å². The molecule has 1 aliphatic rings. The van der Waals surface area contributed by atoms with Gasteiger partial charge in [-0.15, -0.1) is 0 Å². The molecule has 1 atom stereocenters. The molecule has 1 heterocycles. The summed E-state index contributed by atoms with van der Waals surface area (Å²) < 4.78 is 5.20. The van der Waals surface area contributed by atoms with E-state index in [2.05, 4.69) is 26.0 Å². The highest BCUT2D eigenvalue weighted by atomic mass is 16.5. The number of hydrogen-bond acceptors (Lipinski definition) is 2. The van der Waals surface area contributed by atoms with E-state index in [4.69, 9.17) is 4.74 Å². The molecule has 24 heavy (non-hydrogen) atoms. The van der Waals surface area contributed by atoms with Crippen molar-refractivity contribution in [2.75, 3.05) is 12.0 Å². The fourth-order valence-corrected chi connectivity index (χ4v) is 3.13. The maximum absolute atomic E-state index is 13.0. The van der Waals surface area contributed by atoms with Crippen LogP contribution in [0.25, 0.3) is 0 Å². The third kappa shape index (κ3) is 3.21. The normalized spacial score (nSPS) is 16.0. The molecule has 0 saturated heterocycles. The average molecular weight is 321 g/mol. The van der Waals surface area contributed by atoms with Crippen LogP contribution in [0.4, 0.5) is 5.69 Å². The number of anilines is 1. The molecular formula is C21H23NO2. The zero-order valence-corrected chi connectivity index (χ0v) is 14.5. The number of benzene rings is 2. The molecule has 0 N–H and O–H groups in total. The standard InChI is InChI=1S/C21H23NO2/c1-15(2)8-13-19-18-6-4-5-7-20(18)22(21(19)23)14-16-9-11-17(24-3)12-10-16/h4-12,19H,13-14H2,1-3H3. The average Bonchev–Trinajstić information content (AvgIpc) is 2.86. The highest BCUT2D eigenvalue weighted by Crippen LogP contribution is 2.40. The molecule has 0 fully saturated rings. The first-order valence-corrected chi connectivity index (χ1v) is 8.26. The van der Waals surface area contributed by atoms with E-state index in [1.165, 1.54) is 5.57 Å². The molecule has 2 aromatic carbocycles. The molecule has 124 valence electrons. The van der Waals surface area contributed by atoms with Gasteiger partial charge in [-0.3, -0.25) is 4.79 Å². The summed E-state index contributed by atoms with van der Waals surface area (Å²) in [6.45, 7) is 4.73. The first kappa shape index (κ1) is 16.3. The molecule has 0 spiro atoms. The van der Waals surface area contributed by atoms with Gasteiger partial charge in [-0.2, -0.15) is 0 Å². The number of methoxy groups -OCH3 is 1. The number of para-hydroxylation sites is 1. The van der Waals surface area contributed by atoms with E-state index in [-0.39, 0.29) is 11.8 Å². The van der Waals surface area contributed by atoms with E-state index in [1.54, 1.807) is 7.11 Å². The largest absolute Gasteiger partial charge is 0.497 e. The van der Waals surface area contributed by atoms with Crippen molar-refractivity contribution in [1.82, 2.24) is 0 Å². The minimum Gasteiger partial charge on any atom is -0.497 e. The van der Waals surface area contributed by atoms with Crippen LogP contribution in [-0.4, -0.2) is 13.0 Å². The van der Waals surface area contributed by atoms with Crippen LogP contribution in [0.1, 0.15) is 37.3 Å². The second kappa shape index (κ2) is 6.91. The van der Waals surface area contributed by atoms with E-state index in [0.29, 0.717) is 6.54 Å². The second-order valence-corrected chi connectivity index (χ2v) is 6.40. The van der Waals surface area contributed by atoms with Gasteiger partial charge in [0.2, 0.25) is 5.91 Å². The number of rotatable bonds is 5. The van der Waals surface area contributed by atoms with Gasteiger partial charge >= 0.3 is 0 Å². The summed E-state index contributed by atoms with van der Waals surface area (Å²) in [5.74, 6) is 0.937. The molecule has 3 nitrogen and oxygen atoms in total. The summed E-state index contributed by atoms with van der Waals surface area (Å²) in [4.78, 5) is 14.9. The number of carbonyl (C=O) groups excluding carboxylic acids is 1. The fraction of sp³-hybridized carbons (Fsp3) is 0.286. The van der Waals surface area contributed by atoms with Crippen molar-refractivity contribution in [3.05, 3.63) is 71.3 Å². The molecule has 3 heteroatoms. The van der Waals surface area contributed by atoms with E-state index < -0.39 is 0 Å². The first-order chi connectivity index (χ1) is 11.6. The molecule has 0 bridgehead atoms. The topological polar surface area (TPSA) is 29.5 Å². The highest BCUT2D eigenvalue weighted by molar-refractivity contribution is 6.04. The number of fused-ring (bicyclic) bond motifs is 1. The van der Waals surface area contributed by atoms with Crippen molar-refractivity contribution in [3.63, 3.8) is 0 Å². The molecular weight excluding hydrogens is 298 g/mol. The summed E-state index contributed by atoms with van der Waals surface area (Å²) in [7, 11) is 1.66. The van der Waals surface area contributed by atoms with Crippen molar-refractivity contribution in [3.8, 4) is 5.75 Å². The Hall–Kier alpha value is -2.55. The van der Waals surface area contributed by atoms with Crippen molar-refractivity contribution in [2.24, 2.45) is 0 Å². The number of nitrogens with zero attached hydrogens (tertiary/aromatic N) is 1. The van der Waals surface area contributed by atoms with Crippen molar-refractivity contribution < 1.29 is 9.53 Å². The van der Waals surface area contributed by atoms with Gasteiger partial charge in [0.25, 0.3) is 0 Å². The van der Waals surface area contributed by atoms with Crippen LogP contribution in [0.2, 0.25) is 0 Å². The van der Waals surface area contributed by atoms with E-state index >= 15 is 0 Å². The Bertz CT molecular complexity index is 758. The summed E-state index contributed by atoms with van der Waals surface area (Å²) in [5, 5.41) is 0. The van der Waals surface area contributed by atoms with Crippen LogP contribution in [0, 0.1) is 0 Å². The molecule has 1 unspecified atom stereocenters. The van der Waals surface area contributed by atoms with Crippen molar-refractivity contribution in [2.45, 2.75) is 32.7 Å². The lowest BCUT2D eigenvalue weighted by Gasteiger charge is -2.18. The third-order valence-electron chi connectivity index (χ3n) is 4.43. The Morgan fingerprint density at radius 2 is 1.83 bits per heavy atom. The van der Waals surface area contributed by atoms with E-state index in [9.17, 15) is 4.79 Å². The Morgan fingerprint density at radius 3 is 2.50 bits per heavy atom. The van der Waals surface area contributed by atoms with Crippen LogP contribution in [0.15, 0.2) is 60.2 Å². The number of amides is 1. The highest BCUT2D eigenvalue weighted by Gasteiger charge is 2.36. The van der Waals surface area contributed by atoms with Crippen LogP contribution < -0.4 is 9.64 Å². The smallest absolute Gasteiger partial charge is 0.235 e. The summed E-state index contributed by atoms with van der Waals surface area (Å²) in [6.07, 6.45) is 2.91. The second-order valence-electron chi connectivity index (χ2n) is 6.40. The quantitative estimate of drug-likeness (QED) is 0.748. The van der Waals surface area contributed by atoms with E-state index in [1.807, 2.05) is 47.4 Å². The van der Waals surface area contributed by atoms with Gasteiger partial charge < -0.3 is 9.64 Å². The van der Waals surface area contributed by atoms with Gasteiger partial charge in [0, 0.05) is 5.69 Å². The van der Waals surface area contributed by atoms with Crippen LogP contribution in [-0.2, 0) is 11.3 Å². The van der Waals surface area contributed by atoms with Crippen molar-refractivity contribution >= 4 is 11.6 Å². The van der Waals surface area contributed by atoms with Gasteiger partial charge in [-0.25, -0.2) is 0 Å². The molecule has 0 radical (unpaired) electrons. The zero-order chi connectivity index (χ0) is 17.1. The van der Waals surface area contributed by atoms with Gasteiger partial charge in [0.1, 0.15) is 5.75 Å². The maximum Gasteiger partial charge on any atom is 0.235 e. The van der Waals surface area contributed by atoms with Gasteiger partial charge in [-0.1, -0.05) is 42.0 Å². The summed E-state index contributed by atoms with van der Waals surface area (Å²) in [5.41, 5.74) is 4.51. The predicted octanol–water partition coefficient (Wildman–Crippen LogP) is 4.68. The van der Waals surface area contributed by atoms with Crippen LogP contribution in [0.3, 0.4) is 0 Å². The predicted molar refractivity (Wildman–Crippen MR) is 97.4 cm³/mol. The minimum absolute atomic E-state index is 0.0747. The lowest BCUT2D eigenvalue weighted by molar-refractivity contribution is -0.119. The Kier molecular flexibility index (Phi) is 4.70. The van der Waals surface area contributed by atoms with Gasteiger partial charge in [0.15, 0.2) is 0 Å². The van der Waals surface area contributed by atoms with Crippen molar-refractivity contribution in [1.29, 1.82) is 0 Å². The Labute approximate surface area is 143 Å². The molecule has 0 aromatic heterocycles. The Balaban J connectivity index is 1.87. The molecule has 0 aliphatic carbocycles. The zero-order valence-electron chi connectivity index (χ0n) is 14.5. The number of allylic oxidation sites excluding steroid dienone is 2. The number of ether oxygens (including phenoxy) is 1. The third-order valence-corrected chi connectivity index (χ3v) is 4.43.